The maximum Gasteiger partial charge on any atom is 0.480 e. The van der Waals surface area contributed by atoms with E-state index in [1.807, 2.05) is 0 Å². The first-order chi connectivity index (χ1) is 26.4. The molecule has 0 saturated carbocycles. The van der Waals surface area contributed by atoms with Crippen LogP contribution in [0.2, 0.25) is 0 Å². The number of nitrogens with zero attached hydrogens (tertiary/aromatic N) is 6. The molecule has 0 aromatic carbocycles. The SMILES string of the molecule is CCCC[N+](C)(C)C.CCCC[N+]1(C)CCCC1.CS(=O)(=O)[N-]S(=O)(=O)C(F)(F)F.CS(=O)(=O)[N-]S(=O)(=O)C(F)(F)F.CS(=O)(=O)[N-]S(C)(=O)=O.C[N+](C)(C)CCCC(=O)O. The Morgan fingerprint density at radius 1 is 0.557 bits per heavy atom. The first-order valence-electron chi connectivity index (χ1n) is 17.7. The van der Waals surface area contributed by atoms with Gasteiger partial charge in [0, 0.05) is 44.3 Å². The maximum atomic E-state index is 11.4. The summed E-state index contributed by atoms with van der Waals surface area (Å²) in [6.07, 6.45) is 11.3. The van der Waals surface area contributed by atoms with Crippen LogP contribution in [0.4, 0.5) is 26.3 Å². The number of unbranched alkanes of at least 4 members (excludes halogenated alkanes) is 2. The van der Waals surface area contributed by atoms with Crippen LogP contribution in [0.1, 0.15) is 65.2 Å². The van der Waals surface area contributed by atoms with Gasteiger partial charge >= 0.3 is 17.0 Å². The van der Waals surface area contributed by atoms with E-state index in [2.05, 4.69) is 67.3 Å². The largest absolute Gasteiger partial charge is 0.481 e. The standard InChI is InChI=1S/C9H20N.C7H15NO2.C7H18N.2C2H3F3NO4S2.C2H6NO4S2/c1-3-4-7-10(2)8-5-6-9-10;1-8(2,3)6-4-5-7(9)10;1-5-6-7-8(2,3)4;2*1-11(7,8)6-12(9,10)2(3,4)5;1-8(4,5)3-9(2,6)7/h3-9H2,1-2H3;4-6H2,1-3H3;5-7H2,1-4H3;2*1H3;1-2H3/q+1;;+1;3*-1/p+1. The molecule has 1 N–H and O–H groups in total. The van der Waals surface area contributed by atoms with Crippen molar-refractivity contribution in [1.82, 2.24) is 0 Å². The van der Waals surface area contributed by atoms with Gasteiger partial charge in [0.15, 0.2) is 20.0 Å². The van der Waals surface area contributed by atoms with Crippen molar-refractivity contribution in [2.45, 2.75) is 76.2 Å². The van der Waals surface area contributed by atoms with Crippen molar-refractivity contribution >= 4 is 66.1 Å². The highest BCUT2D eigenvalue weighted by atomic mass is 32.3. The number of halogens is 6. The lowest BCUT2D eigenvalue weighted by atomic mass is 10.3. The second kappa shape index (κ2) is 27.7. The number of carboxylic acids is 1. The van der Waals surface area contributed by atoms with E-state index >= 15 is 0 Å². The van der Waals surface area contributed by atoms with E-state index in [0.29, 0.717) is 12.5 Å². The summed E-state index contributed by atoms with van der Waals surface area (Å²) in [5.74, 6) is -0.701. The van der Waals surface area contributed by atoms with E-state index in [4.69, 9.17) is 5.11 Å². The number of alkyl halides is 6. The molecule has 1 heterocycles. The molecule has 1 rings (SSSR count). The molecule has 0 aliphatic carbocycles. The first kappa shape index (κ1) is 68.6. The van der Waals surface area contributed by atoms with Gasteiger partial charge in [-0.1, -0.05) is 26.7 Å². The number of sulfonamides is 6. The van der Waals surface area contributed by atoms with E-state index in [-0.39, 0.29) is 18.9 Å². The number of carboxylic acid groups (broad SMARTS) is 1. The van der Waals surface area contributed by atoms with E-state index in [1.54, 1.807) is 8.25 Å². The molecule has 0 unspecified atom stereocenters. The molecule has 61 heavy (non-hydrogen) atoms. The van der Waals surface area contributed by atoms with E-state index < -0.39 is 77.1 Å². The normalized spacial score (nSPS) is 15.1. The highest BCUT2D eigenvalue weighted by Gasteiger charge is 2.40. The molecule has 0 bridgehead atoms. The lowest BCUT2D eigenvalue weighted by Crippen LogP contribution is -2.41. The van der Waals surface area contributed by atoms with Crippen LogP contribution in [0.15, 0.2) is 0 Å². The number of likely N-dealkylation sites (tertiary alicyclic amines) is 1. The Labute approximate surface area is 360 Å². The summed E-state index contributed by atoms with van der Waals surface area (Å²) in [7, 11) is -13.1. The monoisotopic (exact) mass is 1030 g/mol. The van der Waals surface area contributed by atoms with Crippen molar-refractivity contribution in [2.24, 2.45) is 0 Å². The average molecular weight is 1030 g/mol. The third-order valence-electron chi connectivity index (χ3n) is 6.42. The molecule has 0 spiro atoms. The van der Waals surface area contributed by atoms with Gasteiger partial charge in [-0.05, 0) is 12.8 Å². The molecule has 0 aromatic heterocycles. The van der Waals surface area contributed by atoms with Gasteiger partial charge in [-0.25, -0.2) is 50.5 Å². The number of carbonyl (C=O) groups is 1. The zero-order valence-corrected chi connectivity index (χ0v) is 41.7. The Hall–Kier alpha value is -1.49. The van der Waals surface area contributed by atoms with Gasteiger partial charge in [0.05, 0.1) is 129 Å². The summed E-state index contributed by atoms with van der Waals surface area (Å²) in [6.45, 7) is 11.0. The average Bonchev–Trinajstić information content (AvgIpc) is 3.36. The quantitative estimate of drug-likeness (QED) is 0.171. The van der Waals surface area contributed by atoms with Crippen molar-refractivity contribution in [3.8, 4) is 0 Å². The van der Waals surface area contributed by atoms with Gasteiger partial charge in [-0.3, -0.25) is 4.79 Å². The van der Waals surface area contributed by atoms with Crippen LogP contribution >= 0.6 is 0 Å². The van der Waals surface area contributed by atoms with Crippen LogP contribution in [-0.2, 0) is 64.9 Å². The zero-order valence-electron chi connectivity index (χ0n) is 36.8. The zero-order chi connectivity index (χ0) is 50.4. The fourth-order valence-corrected chi connectivity index (χ4v) is 9.38. The summed E-state index contributed by atoms with van der Waals surface area (Å²) in [6, 6.07) is 0. The molecule has 32 heteroatoms. The third kappa shape index (κ3) is 51.0. The molecule has 374 valence electrons. The molecular formula is C29H66F6N6O14S6. The summed E-state index contributed by atoms with van der Waals surface area (Å²) < 4.78 is 198. The lowest BCUT2D eigenvalue weighted by molar-refractivity contribution is -0.897. The van der Waals surface area contributed by atoms with Crippen LogP contribution in [0.5, 0.6) is 0 Å². The summed E-state index contributed by atoms with van der Waals surface area (Å²) >= 11 is 0. The third-order valence-corrected chi connectivity index (χ3v) is 13.5. The molecule has 1 saturated heterocycles. The fraction of sp³-hybridized carbons (Fsp3) is 0.966. The second-order valence-corrected chi connectivity index (χ2v) is 26.2. The first-order valence-corrected chi connectivity index (χ1v) is 28.0. The maximum absolute atomic E-state index is 11.4. The molecule has 1 aliphatic rings. The van der Waals surface area contributed by atoms with Crippen LogP contribution in [0.25, 0.3) is 12.4 Å². The van der Waals surface area contributed by atoms with Gasteiger partial charge in [0.25, 0.3) is 0 Å². The van der Waals surface area contributed by atoms with Gasteiger partial charge in [0.2, 0.25) is 0 Å². The fourth-order valence-electron chi connectivity index (χ4n) is 3.89. The molecule has 0 radical (unpaired) electrons. The molecule has 0 atom stereocenters. The summed E-state index contributed by atoms with van der Waals surface area (Å²) in [5.41, 5.74) is -11.3. The van der Waals surface area contributed by atoms with Crippen molar-refractivity contribution in [3.05, 3.63) is 12.4 Å². The van der Waals surface area contributed by atoms with Gasteiger partial charge in [-0.15, -0.1) is 0 Å². The van der Waals surface area contributed by atoms with Crippen LogP contribution < -0.4 is 0 Å². The second-order valence-electron chi connectivity index (χ2n) is 15.7. The summed E-state index contributed by atoms with van der Waals surface area (Å²) in [4.78, 5) is 10.1. The summed E-state index contributed by atoms with van der Waals surface area (Å²) in [5, 5.41) is 8.30. The Morgan fingerprint density at radius 3 is 1.00 bits per heavy atom. The molecule has 1 aliphatic heterocycles. The Balaban J connectivity index is -0.000000207. The minimum Gasteiger partial charge on any atom is -0.481 e. The minimum atomic E-state index is -5.92. The van der Waals surface area contributed by atoms with Crippen LogP contribution in [-0.4, -0.2) is 193 Å². The van der Waals surface area contributed by atoms with E-state index in [9.17, 15) is 81.6 Å². The molecule has 1 fully saturated rings. The van der Waals surface area contributed by atoms with E-state index in [1.165, 1.54) is 69.2 Å². The minimum absolute atomic E-state index is 0.246. The van der Waals surface area contributed by atoms with Gasteiger partial charge in [0.1, 0.15) is 0 Å². The molecule has 0 aromatic rings. The predicted molar refractivity (Wildman–Crippen MR) is 222 cm³/mol. The highest BCUT2D eigenvalue weighted by molar-refractivity contribution is 8.13. The van der Waals surface area contributed by atoms with Gasteiger partial charge < -0.3 is 30.9 Å². The van der Waals surface area contributed by atoms with Crippen molar-refractivity contribution in [3.63, 3.8) is 0 Å². The highest BCUT2D eigenvalue weighted by Crippen LogP contribution is 2.30. The molecule has 0 amide bonds. The smallest absolute Gasteiger partial charge is 0.480 e. The molecule has 20 nitrogen and oxygen atoms in total. The van der Waals surface area contributed by atoms with Crippen LogP contribution in [0, 0.1) is 0 Å². The number of aliphatic carboxylic acids is 1. The van der Waals surface area contributed by atoms with E-state index in [0.717, 1.165) is 21.9 Å². The topological polar surface area (TPSA) is 284 Å². The Morgan fingerprint density at radius 2 is 0.836 bits per heavy atom. The Kier molecular flexibility index (Phi) is 31.2. The number of hydrogen-bond acceptors (Lipinski definition) is 13. The number of rotatable bonds is 16. The van der Waals surface area contributed by atoms with Crippen molar-refractivity contribution < 1.29 is 100 Å². The molecular weight excluding hydrogens is 963 g/mol. The van der Waals surface area contributed by atoms with Crippen molar-refractivity contribution in [1.29, 1.82) is 0 Å². The van der Waals surface area contributed by atoms with Crippen LogP contribution in [0.3, 0.4) is 0 Å². The number of hydrogen-bond donors (Lipinski definition) is 1. The predicted octanol–water partition coefficient (Wildman–Crippen LogP) is 3.69. The van der Waals surface area contributed by atoms with Gasteiger partial charge in [-0.2, -0.15) is 26.3 Å². The Bertz CT molecular complexity index is 1840. The lowest BCUT2D eigenvalue weighted by Gasteiger charge is -2.28. The number of quaternary nitrogens is 3. The van der Waals surface area contributed by atoms with Crippen molar-refractivity contribution in [2.75, 3.05) is 107 Å².